The summed E-state index contributed by atoms with van der Waals surface area (Å²) in [5, 5.41) is 13.2. The number of hydrogen-bond donors (Lipinski definition) is 2. The largest absolute Gasteiger partial charge is 0.356 e. The molecule has 1 fully saturated rings. The van der Waals surface area contributed by atoms with E-state index in [1.54, 1.807) is 11.0 Å². The zero-order chi connectivity index (χ0) is 17.1. The summed E-state index contributed by atoms with van der Waals surface area (Å²) in [5.41, 5.74) is 0. The molecular formula is C14H16N10O. The number of H-pyrrole nitrogens is 1. The number of aromatic nitrogens is 8. The van der Waals surface area contributed by atoms with E-state index in [1.165, 1.54) is 19.0 Å². The molecule has 3 aromatic heterocycles. The first-order valence-electron chi connectivity index (χ1n) is 7.88. The first-order chi connectivity index (χ1) is 12.3. The lowest BCUT2D eigenvalue weighted by molar-refractivity contribution is -0.120. The van der Waals surface area contributed by atoms with Crippen molar-refractivity contribution in [1.29, 1.82) is 0 Å². The average Bonchev–Trinajstić information content (AvgIpc) is 3.36. The third-order valence-electron chi connectivity index (χ3n) is 4.06. The molecule has 4 heterocycles. The van der Waals surface area contributed by atoms with Crippen molar-refractivity contribution in [1.82, 2.24) is 39.9 Å². The molecule has 1 unspecified atom stereocenters. The predicted molar refractivity (Wildman–Crippen MR) is 86.9 cm³/mol. The van der Waals surface area contributed by atoms with Gasteiger partial charge >= 0.3 is 0 Å². The van der Waals surface area contributed by atoms with Crippen molar-refractivity contribution in [3.05, 3.63) is 31.4 Å². The molecule has 0 radical (unpaired) electrons. The smallest absolute Gasteiger partial charge is 0.231 e. The first-order valence-corrected chi connectivity index (χ1v) is 7.88. The number of carbonyl (C=O) groups is 1. The van der Waals surface area contributed by atoms with Gasteiger partial charge < -0.3 is 4.90 Å². The van der Waals surface area contributed by atoms with Crippen LogP contribution in [0.3, 0.4) is 0 Å². The van der Waals surface area contributed by atoms with Crippen LogP contribution in [0.2, 0.25) is 0 Å². The van der Waals surface area contributed by atoms with E-state index in [1.807, 2.05) is 6.07 Å². The summed E-state index contributed by atoms with van der Waals surface area (Å²) in [6.45, 7) is 1.41. The lowest BCUT2D eigenvalue weighted by Gasteiger charge is -2.32. The Labute approximate surface area is 142 Å². The molecule has 0 saturated carbocycles. The number of anilines is 2. The Balaban J connectivity index is 1.48. The Hall–Kier alpha value is -3.37. The summed E-state index contributed by atoms with van der Waals surface area (Å²) >= 11 is 0. The molecule has 1 saturated heterocycles. The minimum absolute atomic E-state index is 0.0768. The van der Waals surface area contributed by atoms with Crippen LogP contribution in [0.4, 0.5) is 11.8 Å². The van der Waals surface area contributed by atoms with E-state index in [4.69, 9.17) is 0 Å². The van der Waals surface area contributed by atoms with Gasteiger partial charge in [0.25, 0.3) is 0 Å². The summed E-state index contributed by atoms with van der Waals surface area (Å²) in [6.07, 6.45) is 7.59. The van der Waals surface area contributed by atoms with E-state index in [2.05, 4.69) is 45.4 Å². The first kappa shape index (κ1) is 15.2. The number of aromatic amines is 1. The van der Waals surface area contributed by atoms with Crippen molar-refractivity contribution in [3.63, 3.8) is 0 Å². The number of piperidine rings is 1. The van der Waals surface area contributed by atoms with Gasteiger partial charge in [0, 0.05) is 19.2 Å². The van der Waals surface area contributed by atoms with Crippen LogP contribution in [0, 0.1) is 5.92 Å². The summed E-state index contributed by atoms with van der Waals surface area (Å²) < 4.78 is 1.57. The fourth-order valence-corrected chi connectivity index (χ4v) is 2.85. The van der Waals surface area contributed by atoms with Gasteiger partial charge in [-0.05, 0) is 12.8 Å². The molecule has 2 N–H and O–H groups in total. The SMILES string of the molecule is O=C(Nc1ncn[nH]1)C1CCCN(c2cc(-n3cncn3)ncn2)C1. The topological polar surface area (TPSA) is 130 Å². The average molecular weight is 340 g/mol. The summed E-state index contributed by atoms with van der Waals surface area (Å²) in [6, 6.07) is 1.84. The third kappa shape index (κ3) is 3.29. The monoisotopic (exact) mass is 340 g/mol. The lowest BCUT2D eigenvalue weighted by atomic mass is 9.97. The number of hydrogen-bond acceptors (Lipinski definition) is 8. The Bertz CT molecular complexity index is 831. The minimum atomic E-state index is -0.149. The molecule has 1 amide bonds. The number of rotatable bonds is 4. The van der Waals surface area contributed by atoms with E-state index in [-0.39, 0.29) is 11.8 Å². The van der Waals surface area contributed by atoms with Crippen molar-refractivity contribution in [2.45, 2.75) is 12.8 Å². The van der Waals surface area contributed by atoms with Gasteiger partial charge in [-0.2, -0.15) is 15.2 Å². The van der Waals surface area contributed by atoms with Crippen LogP contribution < -0.4 is 10.2 Å². The number of nitrogens with zero attached hydrogens (tertiary/aromatic N) is 8. The molecule has 25 heavy (non-hydrogen) atoms. The summed E-state index contributed by atoms with van der Waals surface area (Å²) in [7, 11) is 0. The van der Waals surface area contributed by atoms with E-state index in [0.29, 0.717) is 18.3 Å². The second-order valence-corrected chi connectivity index (χ2v) is 5.68. The van der Waals surface area contributed by atoms with E-state index in [9.17, 15) is 4.79 Å². The van der Waals surface area contributed by atoms with Crippen molar-refractivity contribution in [3.8, 4) is 5.82 Å². The van der Waals surface area contributed by atoms with E-state index < -0.39 is 0 Å². The van der Waals surface area contributed by atoms with Gasteiger partial charge in [0.2, 0.25) is 11.9 Å². The van der Waals surface area contributed by atoms with Crippen molar-refractivity contribution in [2.75, 3.05) is 23.3 Å². The fourth-order valence-electron chi connectivity index (χ4n) is 2.85. The summed E-state index contributed by atoms with van der Waals surface area (Å²) in [4.78, 5) is 30.9. The Morgan fingerprint density at radius 1 is 1.20 bits per heavy atom. The van der Waals surface area contributed by atoms with Gasteiger partial charge in [-0.25, -0.2) is 24.7 Å². The van der Waals surface area contributed by atoms with Crippen LogP contribution >= 0.6 is 0 Å². The van der Waals surface area contributed by atoms with Gasteiger partial charge in [0.15, 0.2) is 5.82 Å². The van der Waals surface area contributed by atoms with Crippen molar-refractivity contribution < 1.29 is 4.79 Å². The summed E-state index contributed by atoms with van der Waals surface area (Å²) in [5.74, 6) is 1.53. The highest BCUT2D eigenvalue weighted by atomic mass is 16.2. The highest BCUT2D eigenvalue weighted by Gasteiger charge is 2.27. The highest BCUT2D eigenvalue weighted by Crippen LogP contribution is 2.23. The predicted octanol–water partition coefficient (Wildman–Crippen LogP) is 0.0305. The number of amides is 1. The van der Waals surface area contributed by atoms with Crippen LogP contribution in [0.5, 0.6) is 0 Å². The van der Waals surface area contributed by atoms with Gasteiger partial charge in [-0.3, -0.25) is 10.1 Å². The maximum absolute atomic E-state index is 12.4. The third-order valence-corrected chi connectivity index (χ3v) is 4.06. The maximum Gasteiger partial charge on any atom is 0.231 e. The number of nitrogens with one attached hydrogen (secondary N) is 2. The normalized spacial score (nSPS) is 17.4. The fraction of sp³-hybridized carbons (Fsp3) is 0.357. The second kappa shape index (κ2) is 6.63. The van der Waals surface area contributed by atoms with Gasteiger partial charge in [0.05, 0.1) is 5.92 Å². The highest BCUT2D eigenvalue weighted by molar-refractivity contribution is 5.91. The van der Waals surface area contributed by atoms with Crippen LogP contribution in [-0.2, 0) is 4.79 Å². The Morgan fingerprint density at radius 2 is 2.12 bits per heavy atom. The molecular weight excluding hydrogens is 324 g/mol. The standard InChI is InChI=1S/C14H16N10O/c25-13(21-14-18-8-19-22-14)10-2-1-3-23(5-10)11-4-12(17-7-16-11)24-9-15-6-20-24/h4,6-10H,1-3,5H2,(H2,18,19,21,22,25). The van der Waals surface area contributed by atoms with E-state index in [0.717, 1.165) is 25.2 Å². The van der Waals surface area contributed by atoms with Crippen LogP contribution in [0.15, 0.2) is 31.4 Å². The molecule has 3 aromatic rings. The van der Waals surface area contributed by atoms with Gasteiger partial charge in [-0.15, -0.1) is 0 Å². The molecule has 1 aliphatic heterocycles. The minimum Gasteiger partial charge on any atom is -0.356 e. The quantitative estimate of drug-likeness (QED) is 0.680. The molecule has 0 aromatic carbocycles. The molecule has 4 rings (SSSR count). The molecule has 11 heteroatoms. The molecule has 1 aliphatic rings. The Kier molecular flexibility index (Phi) is 4.02. The van der Waals surface area contributed by atoms with Crippen LogP contribution in [-0.4, -0.2) is 58.9 Å². The van der Waals surface area contributed by atoms with E-state index >= 15 is 0 Å². The molecule has 0 aliphatic carbocycles. The van der Waals surface area contributed by atoms with Crippen molar-refractivity contribution in [2.24, 2.45) is 5.92 Å². The maximum atomic E-state index is 12.4. The van der Waals surface area contributed by atoms with Gasteiger partial charge in [-0.1, -0.05) is 0 Å². The lowest BCUT2D eigenvalue weighted by Crippen LogP contribution is -2.41. The van der Waals surface area contributed by atoms with Gasteiger partial charge in [0.1, 0.15) is 31.1 Å². The van der Waals surface area contributed by atoms with Crippen LogP contribution in [0.25, 0.3) is 5.82 Å². The zero-order valence-electron chi connectivity index (χ0n) is 13.3. The molecule has 11 nitrogen and oxygen atoms in total. The molecule has 128 valence electrons. The Morgan fingerprint density at radius 3 is 2.92 bits per heavy atom. The number of carbonyl (C=O) groups excluding carboxylic acids is 1. The second-order valence-electron chi connectivity index (χ2n) is 5.68. The zero-order valence-corrected chi connectivity index (χ0v) is 13.3. The van der Waals surface area contributed by atoms with Crippen molar-refractivity contribution >= 4 is 17.7 Å². The molecule has 0 bridgehead atoms. The van der Waals surface area contributed by atoms with Crippen LogP contribution in [0.1, 0.15) is 12.8 Å². The molecule has 0 spiro atoms. The molecule has 1 atom stereocenters.